The van der Waals surface area contributed by atoms with Crippen molar-refractivity contribution < 1.29 is 27.8 Å². The van der Waals surface area contributed by atoms with Gasteiger partial charge in [-0.25, -0.2) is 8.78 Å². The van der Waals surface area contributed by atoms with Crippen molar-refractivity contribution in [2.24, 2.45) is 0 Å². The van der Waals surface area contributed by atoms with Crippen LogP contribution >= 0.6 is 0 Å². The smallest absolute Gasteiger partial charge is 0.310 e. The van der Waals surface area contributed by atoms with Gasteiger partial charge < -0.3 is 9.26 Å². The minimum absolute atomic E-state index is 0.0346. The van der Waals surface area contributed by atoms with Gasteiger partial charge in [-0.05, 0) is 17.7 Å². The summed E-state index contributed by atoms with van der Waals surface area (Å²) < 4.78 is 36.7. The lowest BCUT2D eigenvalue weighted by Crippen LogP contribution is -2.08. The molecule has 0 aliphatic heterocycles. The second-order valence-corrected chi connectivity index (χ2v) is 5.57. The number of esters is 1. The lowest BCUT2D eigenvalue weighted by molar-refractivity contribution is -0.384. The molecule has 0 saturated carbocycles. The van der Waals surface area contributed by atoms with Crippen molar-refractivity contribution in [2.45, 2.75) is 13.0 Å². The van der Waals surface area contributed by atoms with Crippen LogP contribution in [0.4, 0.5) is 14.5 Å². The quantitative estimate of drug-likeness (QED) is 0.370. The van der Waals surface area contributed by atoms with E-state index in [-0.39, 0.29) is 35.7 Å². The van der Waals surface area contributed by atoms with Gasteiger partial charge in [0.2, 0.25) is 0 Å². The van der Waals surface area contributed by atoms with Crippen molar-refractivity contribution >= 4 is 11.7 Å². The number of non-ortho nitro benzene ring substituents is 1. The van der Waals surface area contributed by atoms with Crippen molar-refractivity contribution in [2.75, 3.05) is 0 Å². The summed E-state index contributed by atoms with van der Waals surface area (Å²) in [6, 6.07) is 9.93. The van der Waals surface area contributed by atoms with E-state index in [0.29, 0.717) is 5.56 Å². The van der Waals surface area contributed by atoms with Crippen LogP contribution in [-0.2, 0) is 22.6 Å². The summed E-state index contributed by atoms with van der Waals surface area (Å²) >= 11 is 0. The first-order valence-corrected chi connectivity index (χ1v) is 7.72. The summed E-state index contributed by atoms with van der Waals surface area (Å²) in [4.78, 5) is 21.9. The summed E-state index contributed by atoms with van der Waals surface area (Å²) in [6.45, 7) is -0.196. The number of rotatable bonds is 6. The molecule has 27 heavy (non-hydrogen) atoms. The zero-order chi connectivity index (χ0) is 19.4. The molecule has 2 aromatic carbocycles. The first-order valence-electron chi connectivity index (χ1n) is 7.72. The second kappa shape index (κ2) is 7.73. The van der Waals surface area contributed by atoms with Crippen LogP contribution in [0.1, 0.15) is 11.3 Å². The molecule has 0 fully saturated rings. The molecule has 138 valence electrons. The van der Waals surface area contributed by atoms with Gasteiger partial charge in [-0.3, -0.25) is 14.9 Å². The summed E-state index contributed by atoms with van der Waals surface area (Å²) in [5, 5.41) is 14.3. The van der Waals surface area contributed by atoms with Crippen LogP contribution in [0.5, 0.6) is 0 Å². The van der Waals surface area contributed by atoms with E-state index >= 15 is 0 Å². The Morgan fingerprint density at radius 2 is 1.89 bits per heavy atom. The van der Waals surface area contributed by atoms with E-state index in [0.717, 1.165) is 12.1 Å². The summed E-state index contributed by atoms with van der Waals surface area (Å²) in [5.41, 5.74) is 0.772. The Hall–Kier alpha value is -3.62. The lowest BCUT2D eigenvalue weighted by atomic mass is 10.1. The van der Waals surface area contributed by atoms with Gasteiger partial charge in [0.1, 0.15) is 23.9 Å². The first kappa shape index (κ1) is 18.2. The minimum atomic E-state index is -0.798. The zero-order valence-corrected chi connectivity index (χ0v) is 13.7. The maximum atomic E-state index is 13.7. The van der Waals surface area contributed by atoms with Gasteiger partial charge in [-0.15, -0.1) is 0 Å². The van der Waals surface area contributed by atoms with Crippen molar-refractivity contribution in [1.29, 1.82) is 0 Å². The first-order chi connectivity index (χ1) is 12.9. The molecule has 9 heteroatoms. The van der Waals surface area contributed by atoms with Crippen molar-refractivity contribution in [1.82, 2.24) is 5.16 Å². The van der Waals surface area contributed by atoms with E-state index in [1.807, 2.05) is 0 Å². The number of halogens is 2. The molecule has 0 N–H and O–H groups in total. The lowest BCUT2D eigenvalue weighted by Gasteiger charge is -2.02. The Kier molecular flexibility index (Phi) is 5.20. The monoisotopic (exact) mass is 374 g/mol. The van der Waals surface area contributed by atoms with Gasteiger partial charge in [-0.1, -0.05) is 17.3 Å². The van der Waals surface area contributed by atoms with Gasteiger partial charge in [0.25, 0.3) is 5.69 Å². The van der Waals surface area contributed by atoms with Gasteiger partial charge in [0.15, 0.2) is 5.76 Å². The van der Waals surface area contributed by atoms with E-state index in [4.69, 9.17) is 9.26 Å². The summed E-state index contributed by atoms with van der Waals surface area (Å²) in [5.74, 6) is -2.00. The third-order valence-electron chi connectivity index (χ3n) is 3.63. The fraction of sp³-hybridized carbons (Fsp3) is 0.111. The molecule has 0 amide bonds. The maximum Gasteiger partial charge on any atom is 0.310 e. The largest absolute Gasteiger partial charge is 0.459 e. The van der Waals surface area contributed by atoms with E-state index in [9.17, 15) is 23.7 Å². The Morgan fingerprint density at radius 1 is 1.15 bits per heavy atom. The fourth-order valence-electron chi connectivity index (χ4n) is 2.30. The van der Waals surface area contributed by atoms with Crippen molar-refractivity contribution in [3.8, 4) is 11.3 Å². The highest BCUT2D eigenvalue weighted by Gasteiger charge is 2.14. The standard InChI is InChI=1S/C18H12F2N2O5/c19-12-3-6-15(16(20)8-12)17-9-13(21-27-17)10-26-18(23)7-11-1-4-14(5-2-11)22(24)25/h1-6,8-9H,7,10H2. The summed E-state index contributed by atoms with van der Waals surface area (Å²) in [6.07, 6.45) is -0.0741. The fourth-order valence-corrected chi connectivity index (χ4v) is 2.30. The van der Waals surface area contributed by atoms with Crippen LogP contribution < -0.4 is 0 Å². The number of ether oxygens (including phenoxy) is 1. The molecule has 1 aromatic heterocycles. The normalized spacial score (nSPS) is 10.6. The highest BCUT2D eigenvalue weighted by atomic mass is 19.1. The molecular formula is C18H12F2N2O5. The van der Waals surface area contributed by atoms with Gasteiger partial charge in [0.05, 0.1) is 16.9 Å². The Balaban J connectivity index is 1.58. The molecule has 0 saturated heterocycles. The van der Waals surface area contributed by atoms with Crippen LogP contribution in [0.2, 0.25) is 0 Å². The van der Waals surface area contributed by atoms with Gasteiger partial charge in [-0.2, -0.15) is 0 Å². The molecule has 0 aliphatic rings. The van der Waals surface area contributed by atoms with Crippen LogP contribution in [-0.4, -0.2) is 16.0 Å². The average Bonchev–Trinajstić information content (AvgIpc) is 3.09. The number of aromatic nitrogens is 1. The predicted octanol–water partition coefficient (Wildman–Crippen LogP) is 3.81. The molecule has 0 atom stereocenters. The predicted molar refractivity (Wildman–Crippen MR) is 88.5 cm³/mol. The molecular weight excluding hydrogens is 362 g/mol. The molecule has 3 aromatic rings. The SMILES string of the molecule is O=C(Cc1ccc([N+](=O)[O-])cc1)OCc1cc(-c2ccc(F)cc2F)on1. The molecule has 0 unspecified atom stereocenters. The third kappa shape index (κ3) is 4.51. The topological polar surface area (TPSA) is 95.5 Å². The number of nitro groups is 1. The minimum Gasteiger partial charge on any atom is -0.459 e. The van der Waals surface area contributed by atoms with Crippen molar-refractivity contribution in [3.05, 3.63) is 81.5 Å². The average molecular weight is 374 g/mol. The molecule has 0 bridgehead atoms. The van der Waals surface area contributed by atoms with Crippen LogP contribution in [0.15, 0.2) is 53.1 Å². The van der Waals surface area contributed by atoms with Crippen molar-refractivity contribution in [3.63, 3.8) is 0 Å². The number of nitrogens with zero attached hydrogens (tertiary/aromatic N) is 2. The van der Waals surface area contributed by atoms with Gasteiger partial charge in [0, 0.05) is 24.3 Å². The third-order valence-corrected chi connectivity index (χ3v) is 3.63. The van der Waals surface area contributed by atoms with E-state index in [1.54, 1.807) is 0 Å². The zero-order valence-electron chi connectivity index (χ0n) is 13.7. The summed E-state index contributed by atoms with van der Waals surface area (Å²) in [7, 11) is 0. The Labute approximate surface area is 151 Å². The number of hydrogen-bond acceptors (Lipinski definition) is 6. The molecule has 0 radical (unpaired) electrons. The van der Waals surface area contributed by atoms with Gasteiger partial charge >= 0.3 is 5.97 Å². The number of hydrogen-bond donors (Lipinski definition) is 0. The second-order valence-electron chi connectivity index (χ2n) is 5.57. The number of nitro benzene ring substituents is 1. The highest BCUT2D eigenvalue weighted by molar-refractivity contribution is 5.72. The van der Waals surface area contributed by atoms with Crippen LogP contribution in [0, 0.1) is 21.7 Å². The Morgan fingerprint density at radius 3 is 2.56 bits per heavy atom. The molecule has 0 spiro atoms. The number of carbonyl (C=O) groups excluding carboxylic acids is 1. The molecule has 3 rings (SSSR count). The molecule has 1 heterocycles. The van der Waals surface area contributed by atoms with Crippen LogP contribution in [0.3, 0.4) is 0 Å². The number of benzene rings is 2. The maximum absolute atomic E-state index is 13.7. The van der Waals surface area contributed by atoms with Crippen LogP contribution in [0.25, 0.3) is 11.3 Å². The molecule has 0 aliphatic carbocycles. The van der Waals surface area contributed by atoms with E-state index < -0.39 is 22.5 Å². The molecule has 7 nitrogen and oxygen atoms in total. The van der Waals surface area contributed by atoms with E-state index in [1.165, 1.54) is 36.4 Å². The highest BCUT2D eigenvalue weighted by Crippen LogP contribution is 2.24. The van der Waals surface area contributed by atoms with E-state index in [2.05, 4.69) is 5.16 Å². The number of carbonyl (C=O) groups is 1. The Bertz CT molecular complexity index is 986.